The van der Waals surface area contributed by atoms with Crippen molar-refractivity contribution in [3.8, 4) is 16.9 Å². The first-order chi connectivity index (χ1) is 15.1. The molecule has 2 aliphatic carbocycles. The Labute approximate surface area is 186 Å². The van der Waals surface area contributed by atoms with Gasteiger partial charge in [0.25, 0.3) is 0 Å². The summed E-state index contributed by atoms with van der Waals surface area (Å²) in [6.07, 6.45) is -14.9. The number of rotatable bonds is 4. The van der Waals surface area contributed by atoms with Gasteiger partial charge in [0.1, 0.15) is 5.75 Å². The molecule has 0 aromatic heterocycles. The van der Waals surface area contributed by atoms with Crippen molar-refractivity contribution >= 4 is 0 Å². The Morgan fingerprint density at radius 2 is 1.41 bits per heavy atom. The minimum absolute atomic E-state index is 0.0724. The van der Waals surface area contributed by atoms with Gasteiger partial charge < -0.3 is 4.74 Å². The molecule has 1 nitrogen and oxygen atoms in total. The molecule has 0 bridgehead atoms. The number of ether oxygens (including phenoxy) is 1. The predicted molar refractivity (Wildman–Crippen MR) is 116 cm³/mol. The first-order valence-electron chi connectivity index (χ1n) is 11.3. The summed E-state index contributed by atoms with van der Waals surface area (Å²) < 4.78 is 77.2. The molecule has 6 heteroatoms. The van der Waals surface area contributed by atoms with E-state index in [0.29, 0.717) is 11.5 Å². The summed E-state index contributed by atoms with van der Waals surface area (Å²) >= 11 is 0. The van der Waals surface area contributed by atoms with Gasteiger partial charge in [0.15, 0.2) is 37.0 Å². The highest BCUT2D eigenvalue weighted by Crippen LogP contribution is 2.50. The molecule has 4 rings (SSSR count). The van der Waals surface area contributed by atoms with Crippen LogP contribution in [-0.2, 0) is 6.42 Å². The predicted octanol–water partition coefficient (Wildman–Crippen LogP) is 7.22. The van der Waals surface area contributed by atoms with Gasteiger partial charge in [-0.1, -0.05) is 64.1 Å². The summed E-state index contributed by atoms with van der Waals surface area (Å²) in [4.78, 5) is 0. The van der Waals surface area contributed by atoms with E-state index in [9.17, 15) is 22.0 Å². The van der Waals surface area contributed by atoms with Crippen LogP contribution in [0.1, 0.15) is 56.2 Å². The van der Waals surface area contributed by atoms with Crippen molar-refractivity contribution in [2.75, 3.05) is 0 Å². The minimum Gasteiger partial charge on any atom is -0.483 e. The van der Waals surface area contributed by atoms with Gasteiger partial charge in [0, 0.05) is 5.56 Å². The van der Waals surface area contributed by atoms with Gasteiger partial charge in [0.2, 0.25) is 0 Å². The van der Waals surface area contributed by atoms with E-state index in [-0.39, 0.29) is 17.6 Å². The third-order valence-electron chi connectivity index (χ3n) is 7.10. The standard InChI is InChI=1S/C26H29F5O/c1-12(2)16-11-17-14(4)13(3)10-18(17)19(15-8-6-5-7-9-15)25(16)32-26-23(30)21(28)20(27)22(29)24(26)31/h5-9,11-14,20-24,26H,10H2,1-4H3/t13-,14?,20?,21-,22+,23?,24+,26?/m0/s1. The van der Waals surface area contributed by atoms with Crippen LogP contribution in [0.5, 0.6) is 5.75 Å². The van der Waals surface area contributed by atoms with Gasteiger partial charge in [-0.2, -0.15) is 0 Å². The topological polar surface area (TPSA) is 9.23 Å². The average molecular weight is 453 g/mol. The van der Waals surface area contributed by atoms with Gasteiger partial charge in [-0.25, -0.2) is 22.0 Å². The maximum Gasteiger partial charge on any atom is 0.174 e. The van der Waals surface area contributed by atoms with Gasteiger partial charge in [-0.15, -0.1) is 0 Å². The highest BCUT2D eigenvalue weighted by atomic mass is 19.2. The Balaban J connectivity index is 1.91. The third-order valence-corrected chi connectivity index (χ3v) is 7.10. The highest BCUT2D eigenvalue weighted by Gasteiger charge is 2.55. The van der Waals surface area contributed by atoms with E-state index in [2.05, 4.69) is 13.8 Å². The van der Waals surface area contributed by atoms with E-state index < -0.39 is 37.0 Å². The molecular formula is C26H29F5O. The highest BCUT2D eigenvalue weighted by molar-refractivity contribution is 5.78. The molecule has 2 aromatic rings. The molecule has 0 amide bonds. The zero-order chi connectivity index (χ0) is 23.3. The van der Waals surface area contributed by atoms with Crippen molar-refractivity contribution in [2.24, 2.45) is 5.92 Å². The van der Waals surface area contributed by atoms with Crippen LogP contribution < -0.4 is 4.74 Å². The Bertz CT molecular complexity index is 946. The Hall–Kier alpha value is -2.11. The van der Waals surface area contributed by atoms with Crippen molar-refractivity contribution in [1.82, 2.24) is 0 Å². The second-order valence-corrected chi connectivity index (χ2v) is 9.53. The number of fused-ring (bicyclic) bond motifs is 1. The molecule has 2 aliphatic rings. The van der Waals surface area contributed by atoms with Gasteiger partial charge in [0.05, 0.1) is 0 Å². The lowest BCUT2D eigenvalue weighted by molar-refractivity contribution is -0.115. The molecule has 0 saturated heterocycles. The SMILES string of the molecule is CC(C)c1cc2c(c(-c3ccccc3)c1OC1C(F)[C@@H](F)C(F)[C@@H](F)[C@H]1F)C[C@H](C)C2C. The van der Waals surface area contributed by atoms with E-state index in [4.69, 9.17) is 4.74 Å². The molecule has 1 fully saturated rings. The molecule has 174 valence electrons. The lowest BCUT2D eigenvalue weighted by Crippen LogP contribution is -2.58. The summed E-state index contributed by atoms with van der Waals surface area (Å²) in [6, 6.07) is 11.3. The number of halogens is 5. The van der Waals surface area contributed by atoms with E-state index >= 15 is 0 Å². The number of hydrogen-bond donors (Lipinski definition) is 0. The second-order valence-electron chi connectivity index (χ2n) is 9.53. The zero-order valence-electron chi connectivity index (χ0n) is 18.7. The molecule has 32 heavy (non-hydrogen) atoms. The van der Waals surface area contributed by atoms with Crippen LogP contribution in [0.2, 0.25) is 0 Å². The molecule has 4 unspecified atom stereocenters. The van der Waals surface area contributed by atoms with E-state index in [1.54, 1.807) is 0 Å². The van der Waals surface area contributed by atoms with Gasteiger partial charge in [-0.05, 0) is 46.4 Å². The van der Waals surface area contributed by atoms with Crippen molar-refractivity contribution in [2.45, 2.75) is 82.9 Å². The fourth-order valence-electron chi connectivity index (χ4n) is 4.97. The van der Waals surface area contributed by atoms with Crippen LogP contribution in [0, 0.1) is 5.92 Å². The van der Waals surface area contributed by atoms with Crippen LogP contribution in [0.15, 0.2) is 36.4 Å². The fourth-order valence-corrected chi connectivity index (χ4v) is 4.97. The summed E-state index contributed by atoms with van der Waals surface area (Å²) in [6.45, 7) is 8.16. The molecule has 0 spiro atoms. The van der Waals surface area contributed by atoms with Crippen molar-refractivity contribution in [3.63, 3.8) is 0 Å². The largest absolute Gasteiger partial charge is 0.483 e. The molecular weight excluding hydrogens is 423 g/mol. The normalized spacial score (nSPS) is 34.6. The van der Waals surface area contributed by atoms with E-state index in [1.807, 2.05) is 50.2 Å². The van der Waals surface area contributed by atoms with Crippen LogP contribution in [0.4, 0.5) is 22.0 Å². The average Bonchev–Trinajstić information content (AvgIpc) is 3.06. The molecule has 0 heterocycles. The first-order valence-corrected chi connectivity index (χ1v) is 11.3. The number of benzene rings is 2. The van der Waals surface area contributed by atoms with Crippen molar-refractivity contribution in [3.05, 3.63) is 53.1 Å². The molecule has 0 aliphatic heterocycles. The quantitative estimate of drug-likeness (QED) is 0.445. The fraction of sp³-hybridized carbons (Fsp3) is 0.538. The monoisotopic (exact) mass is 452 g/mol. The molecule has 8 atom stereocenters. The smallest absolute Gasteiger partial charge is 0.174 e. The van der Waals surface area contributed by atoms with Crippen LogP contribution in [0.25, 0.3) is 11.1 Å². The molecule has 2 aromatic carbocycles. The lowest BCUT2D eigenvalue weighted by Gasteiger charge is -2.37. The van der Waals surface area contributed by atoms with Crippen LogP contribution in [0.3, 0.4) is 0 Å². The Morgan fingerprint density at radius 1 is 0.844 bits per heavy atom. The second kappa shape index (κ2) is 8.68. The first kappa shape index (κ1) is 23.1. The van der Waals surface area contributed by atoms with E-state index in [0.717, 1.165) is 28.7 Å². The zero-order valence-corrected chi connectivity index (χ0v) is 18.7. The van der Waals surface area contributed by atoms with Gasteiger partial charge >= 0.3 is 0 Å². The third kappa shape index (κ3) is 3.69. The Kier molecular flexibility index (Phi) is 6.25. The maximum atomic E-state index is 14.7. The van der Waals surface area contributed by atoms with E-state index in [1.165, 1.54) is 0 Å². The summed E-state index contributed by atoms with van der Waals surface area (Å²) in [7, 11) is 0. The van der Waals surface area contributed by atoms with Crippen LogP contribution >= 0.6 is 0 Å². The van der Waals surface area contributed by atoms with Crippen molar-refractivity contribution < 1.29 is 26.7 Å². The summed E-state index contributed by atoms with van der Waals surface area (Å²) in [5, 5.41) is 0. The summed E-state index contributed by atoms with van der Waals surface area (Å²) in [5.74, 6) is 0.808. The molecule has 0 radical (unpaired) electrons. The minimum atomic E-state index is -2.85. The Morgan fingerprint density at radius 3 is 1.97 bits per heavy atom. The molecule has 1 saturated carbocycles. The number of alkyl halides is 5. The number of hydrogen-bond acceptors (Lipinski definition) is 1. The van der Waals surface area contributed by atoms with Crippen LogP contribution in [-0.4, -0.2) is 37.0 Å². The maximum absolute atomic E-state index is 14.7. The van der Waals surface area contributed by atoms with Crippen molar-refractivity contribution in [1.29, 1.82) is 0 Å². The lowest BCUT2D eigenvalue weighted by atomic mass is 9.86. The molecule has 0 N–H and O–H groups in total. The summed E-state index contributed by atoms with van der Waals surface area (Å²) in [5.41, 5.74) is 4.40. The van der Waals surface area contributed by atoms with Gasteiger partial charge in [-0.3, -0.25) is 0 Å².